The molecule has 3 fully saturated rings. The van der Waals surface area contributed by atoms with Gasteiger partial charge in [-0.05, 0) is 49.7 Å². The van der Waals surface area contributed by atoms with Crippen molar-refractivity contribution in [1.29, 1.82) is 0 Å². The minimum Gasteiger partial charge on any atom is -0.349 e. The minimum absolute atomic E-state index is 0.159. The van der Waals surface area contributed by atoms with Crippen LogP contribution in [-0.4, -0.2) is 44.3 Å². The van der Waals surface area contributed by atoms with Crippen LogP contribution in [0.3, 0.4) is 0 Å². The molecule has 0 bridgehead atoms. The zero-order valence-corrected chi connectivity index (χ0v) is 15.7. The Kier molecular flexibility index (Phi) is 5.60. The van der Waals surface area contributed by atoms with Crippen LogP contribution in [0.1, 0.15) is 51.9 Å². The Labute approximate surface area is 155 Å². The number of rotatable bonds is 5. The van der Waals surface area contributed by atoms with Gasteiger partial charge in [-0.15, -0.1) is 0 Å². The van der Waals surface area contributed by atoms with Crippen LogP contribution < -0.4 is 0 Å². The van der Waals surface area contributed by atoms with Crippen molar-refractivity contribution in [3.63, 3.8) is 0 Å². The minimum atomic E-state index is -0.620. The molecule has 0 aromatic carbocycles. The molecular formula is C21H30O5. The highest BCUT2D eigenvalue weighted by Gasteiger charge is 2.41. The summed E-state index contributed by atoms with van der Waals surface area (Å²) in [5.74, 6) is -0.179. The van der Waals surface area contributed by atoms with Gasteiger partial charge >= 0.3 is 0 Å². The van der Waals surface area contributed by atoms with Crippen molar-refractivity contribution < 1.29 is 23.7 Å². The number of carbonyl (C=O) groups excluding carboxylic acids is 1. The highest BCUT2D eigenvalue weighted by Crippen LogP contribution is 2.39. The van der Waals surface area contributed by atoms with Gasteiger partial charge in [-0.3, -0.25) is 4.79 Å². The average Bonchev–Trinajstić information content (AvgIpc) is 3.36. The fourth-order valence-electron chi connectivity index (χ4n) is 4.77. The quantitative estimate of drug-likeness (QED) is 0.749. The lowest BCUT2D eigenvalue weighted by molar-refractivity contribution is -0.143. The highest BCUT2D eigenvalue weighted by molar-refractivity contribution is 5.98. The van der Waals surface area contributed by atoms with Crippen LogP contribution in [-0.2, 0) is 23.7 Å². The van der Waals surface area contributed by atoms with Crippen molar-refractivity contribution in [2.45, 2.75) is 63.9 Å². The molecule has 26 heavy (non-hydrogen) atoms. The predicted molar refractivity (Wildman–Crippen MR) is 96.5 cm³/mol. The van der Waals surface area contributed by atoms with E-state index < -0.39 is 5.79 Å². The molecule has 0 aromatic heterocycles. The Morgan fingerprint density at radius 3 is 2.31 bits per heavy atom. The molecule has 1 saturated carbocycles. The first-order valence-electron chi connectivity index (χ1n) is 10.1. The molecule has 4 rings (SSSR count). The monoisotopic (exact) mass is 362 g/mol. The van der Waals surface area contributed by atoms with Gasteiger partial charge in [0.1, 0.15) is 0 Å². The Hall–Kier alpha value is -1.01. The standard InChI is InChI=1S/C21H30O5/c1-21(25-13-14-26-21)17-9-7-16(8-10-17)19(22)18(20-23-11-12-24-20)15-5-3-2-4-6-15/h7,9,15,18,20H,2-6,8,10-14H2,1H3. The molecule has 2 saturated heterocycles. The van der Waals surface area contributed by atoms with Gasteiger partial charge in [0.05, 0.1) is 32.3 Å². The van der Waals surface area contributed by atoms with Gasteiger partial charge in [0, 0.05) is 0 Å². The van der Waals surface area contributed by atoms with E-state index in [9.17, 15) is 4.79 Å². The van der Waals surface area contributed by atoms with Gasteiger partial charge in [0.25, 0.3) is 0 Å². The van der Waals surface area contributed by atoms with Crippen LogP contribution in [0, 0.1) is 11.8 Å². The van der Waals surface area contributed by atoms with Crippen molar-refractivity contribution in [2.75, 3.05) is 26.4 Å². The normalized spacial score (nSPS) is 28.7. The maximum absolute atomic E-state index is 13.4. The summed E-state index contributed by atoms with van der Waals surface area (Å²) >= 11 is 0. The summed E-state index contributed by atoms with van der Waals surface area (Å²) in [5, 5.41) is 0. The molecule has 1 unspecified atom stereocenters. The molecule has 4 aliphatic rings. The van der Waals surface area contributed by atoms with Crippen LogP contribution >= 0.6 is 0 Å². The first-order valence-corrected chi connectivity index (χ1v) is 10.1. The van der Waals surface area contributed by atoms with Crippen LogP contribution in [0.25, 0.3) is 0 Å². The molecule has 5 heteroatoms. The van der Waals surface area contributed by atoms with E-state index >= 15 is 0 Å². The van der Waals surface area contributed by atoms with Crippen molar-refractivity contribution >= 4 is 5.78 Å². The third-order valence-electron chi connectivity index (χ3n) is 6.29. The van der Waals surface area contributed by atoms with E-state index in [1.165, 1.54) is 19.3 Å². The zero-order valence-electron chi connectivity index (χ0n) is 15.7. The topological polar surface area (TPSA) is 54.0 Å². The Morgan fingerprint density at radius 2 is 1.69 bits per heavy atom. The Balaban J connectivity index is 1.52. The number of ketones is 1. The molecule has 2 aliphatic heterocycles. The number of allylic oxidation sites excluding steroid dienone is 3. The Bertz CT molecular complexity index is 575. The average molecular weight is 362 g/mol. The van der Waals surface area contributed by atoms with Crippen molar-refractivity contribution in [3.05, 3.63) is 23.3 Å². The molecule has 0 aromatic rings. The van der Waals surface area contributed by atoms with Gasteiger partial charge in [0.2, 0.25) is 0 Å². The Morgan fingerprint density at radius 1 is 1.00 bits per heavy atom. The van der Waals surface area contributed by atoms with Crippen LogP contribution in [0.5, 0.6) is 0 Å². The lowest BCUT2D eigenvalue weighted by atomic mass is 9.75. The first-order chi connectivity index (χ1) is 12.7. The van der Waals surface area contributed by atoms with Crippen LogP contribution in [0.2, 0.25) is 0 Å². The number of carbonyl (C=O) groups is 1. The van der Waals surface area contributed by atoms with E-state index in [-0.39, 0.29) is 18.0 Å². The molecule has 0 spiro atoms. The van der Waals surface area contributed by atoms with Crippen molar-refractivity contribution in [2.24, 2.45) is 11.8 Å². The second kappa shape index (κ2) is 7.93. The van der Waals surface area contributed by atoms with Crippen LogP contribution in [0.4, 0.5) is 0 Å². The molecular weight excluding hydrogens is 332 g/mol. The fourth-order valence-corrected chi connectivity index (χ4v) is 4.77. The van der Waals surface area contributed by atoms with Gasteiger partial charge in [-0.2, -0.15) is 0 Å². The largest absolute Gasteiger partial charge is 0.349 e. The summed E-state index contributed by atoms with van der Waals surface area (Å²) in [5.41, 5.74) is 2.01. The number of Topliss-reactive ketones (excluding diaryl/α,β-unsaturated/α-hetero) is 1. The molecule has 144 valence electrons. The number of hydrogen-bond donors (Lipinski definition) is 0. The van der Waals surface area contributed by atoms with Gasteiger partial charge in [0.15, 0.2) is 17.9 Å². The molecule has 1 atom stereocenters. The SMILES string of the molecule is CC1(C2=CC=C(C(=O)C(C3CCCCC3)C3OCCO3)CC2)OCCO1. The molecule has 2 aliphatic carbocycles. The summed E-state index contributed by atoms with van der Waals surface area (Å²) in [6, 6.07) is 0. The van der Waals surface area contributed by atoms with Crippen molar-refractivity contribution in [1.82, 2.24) is 0 Å². The lowest BCUT2D eigenvalue weighted by Crippen LogP contribution is -2.38. The van der Waals surface area contributed by atoms with Gasteiger partial charge in [-0.25, -0.2) is 0 Å². The molecule has 0 N–H and O–H groups in total. The van der Waals surface area contributed by atoms with E-state index in [1.807, 2.05) is 19.1 Å². The summed E-state index contributed by atoms with van der Waals surface area (Å²) in [6.07, 6.45) is 11.1. The molecule has 5 nitrogen and oxygen atoms in total. The second-order valence-corrected chi connectivity index (χ2v) is 7.92. The van der Waals surface area contributed by atoms with E-state index in [0.29, 0.717) is 32.3 Å². The fraction of sp³-hybridized carbons (Fsp3) is 0.762. The predicted octanol–water partition coefficient (Wildman–Crippen LogP) is 3.53. The van der Waals surface area contributed by atoms with E-state index in [0.717, 1.165) is 36.8 Å². The molecule has 0 radical (unpaired) electrons. The maximum Gasteiger partial charge on any atom is 0.188 e. The van der Waals surface area contributed by atoms with E-state index in [2.05, 4.69) is 0 Å². The van der Waals surface area contributed by atoms with Gasteiger partial charge in [-0.1, -0.05) is 31.4 Å². The highest BCUT2D eigenvalue weighted by atomic mass is 16.7. The number of hydrogen-bond acceptors (Lipinski definition) is 5. The smallest absolute Gasteiger partial charge is 0.188 e. The third kappa shape index (κ3) is 3.68. The van der Waals surface area contributed by atoms with E-state index in [1.54, 1.807) is 0 Å². The summed E-state index contributed by atoms with van der Waals surface area (Å²) in [7, 11) is 0. The summed E-state index contributed by atoms with van der Waals surface area (Å²) in [4.78, 5) is 13.4. The zero-order chi connectivity index (χ0) is 18.0. The number of ether oxygens (including phenoxy) is 4. The van der Waals surface area contributed by atoms with Crippen LogP contribution in [0.15, 0.2) is 23.3 Å². The van der Waals surface area contributed by atoms with Gasteiger partial charge < -0.3 is 18.9 Å². The lowest BCUT2D eigenvalue weighted by Gasteiger charge is -2.33. The second-order valence-electron chi connectivity index (χ2n) is 7.92. The summed E-state index contributed by atoms with van der Waals surface area (Å²) < 4.78 is 23.1. The maximum atomic E-state index is 13.4. The van der Waals surface area contributed by atoms with E-state index in [4.69, 9.17) is 18.9 Å². The third-order valence-corrected chi connectivity index (χ3v) is 6.29. The van der Waals surface area contributed by atoms with Crippen molar-refractivity contribution in [3.8, 4) is 0 Å². The first kappa shape index (κ1) is 18.4. The molecule has 2 heterocycles. The summed E-state index contributed by atoms with van der Waals surface area (Å²) in [6.45, 7) is 4.42. The molecule has 0 amide bonds.